The minimum Gasteiger partial charge on any atom is -0.352 e. The van der Waals surface area contributed by atoms with E-state index in [1.54, 1.807) is 34.3 Å². The number of hydrogen-bond acceptors (Lipinski definition) is 2. The molecule has 0 unspecified atom stereocenters. The highest BCUT2D eigenvalue weighted by atomic mass is 35.5. The molecule has 1 rings (SSSR count). The number of hydrogen-bond donors (Lipinski definition) is 2. The number of carbonyl (C=O) groups excluding carboxylic acids is 2. The van der Waals surface area contributed by atoms with Crippen LogP contribution in [0.3, 0.4) is 0 Å². The van der Waals surface area contributed by atoms with Crippen molar-refractivity contribution in [3.8, 4) is 0 Å². The Balaban J connectivity index is 0.000000511. The number of rotatable bonds is 1. The van der Waals surface area contributed by atoms with Gasteiger partial charge in [0.1, 0.15) is 0 Å². The number of urea groups is 2. The molecule has 0 saturated carbocycles. The second-order valence-electron chi connectivity index (χ2n) is 4.52. The van der Waals surface area contributed by atoms with Crippen LogP contribution in [0.25, 0.3) is 0 Å². The lowest BCUT2D eigenvalue weighted by molar-refractivity contribution is 0.227. The van der Waals surface area contributed by atoms with Crippen molar-refractivity contribution in [1.82, 2.24) is 9.80 Å². The fourth-order valence-corrected chi connectivity index (χ4v) is 1.09. The molecule has 0 heterocycles. The standard InChI is InChI=1S/C10H13ClN2O.C3H8N2O/c1-7-4-5-8(6-9(7)11)12-10(14)13(2)3;1-5(2)3(4)6/h4-6H,1-3H3,(H,12,14);1-2H3,(H2,4,6). The first-order chi connectivity index (χ1) is 9.15. The molecule has 0 radical (unpaired) electrons. The predicted molar refractivity (Wildman–Crippen MR) is 82.2 cm³/mol. The lowest BCUT2D eigenvalue weighted by Crippen LogP contribution is -2.27. The first kappa shape index (κ1) is 18.0. The van der Waals surface area contributed by atoms with Crippen molar-refractivity contribution in [2.75, 3.05) is 33.5 Å². The Morgan fingerprint density at radius 3 is 2.00 bits per heavy atom. The highest BCUT2D eigenvalue weighted by Gasteiger charge is 2.04. The molecule has 4 amide bonds. The molecule has 1 aromatic rings. The van der Waals surface area contributed by atoms with Crippen LogP contribution in [-0.2, 0) is 0 Å². The molecular formula is C13H21ClN4O2. The van der Waals surface area contributed by atoms with Crippen LogP contribution in [0.15, 0.2) is 18.2 Å². The van der Waals surface area contributed by atoms with E-state index < -0.39 is 6.03 Å². The fourth-order valence-electron chi connectivity index (χ4n) is 0.906. The lowest BCUT2D eigenvalue weighted by atomic mass is 10.2. The van der Waals surface area contributed by atoms with Crippen molar-refractivity contribution in [1.29, 1.82) is 0 Å². The van der Waals surface area contributed by atoms with Crippen molar-refractivity contribution in [3.63, 3.8) is 0 Å². The van der Waals surface area contributed by atoms with E-state index in [1.165, 1.54) is 9.80 Å². The number of nitrogens with one attached hydrogen (secondary N) is 1. The molecule has 0 fully saturated rings. The molecule has 0 aliphatic heterocycles. The molecule has 112 valence electrons. The summed E-state index contributed by atoms with van der Waals surface area (Å²) in [4.78, 5) is 23.9. The van der Waals surface area contributed by atoms with Crippen molar-refractivity contribution in [2.24, 2.45) is 5.73 Å². The van der Waals surface area contributed by atoms with Gasteiger partial charge in [-0.2, -0.15) is 0 Å². The van der Waals surface area contributed by atoms with Crippen LogP contribution in [0.1, 0.15) is 5.56 Å². The van der Waals surface area contributed by atoms with Gasteiger partial charge in [0.2, 0.25) is 0 Å². The molecular weight excluding hydrogens is 280 g/mol. The SMILES string of the molecule is CN(C)C(N)=O.Cc1ccc(NC(=O)N(C)C)cc1Cl. The number of nitrogens with two attached hydrogens (primary N) is 1. The molecule has 0 saturated heterocycles. The van der Waals surface area contributed by atoms with E-state index in [-0.39, 0.29) is 6.03 Å². The number of nitrogens with zero attached hydrogens (tertiary/aromatic N) is 2. The van der Waals surface area contributed by atoms with Crippen molar-refractivity contribution in [3.05, 3.63) is 28.8 Å². The molecule has 20 heavy (non-hydrogen) atoms. The second-order valence-corrected chi connectivity index (χ2v) is 4.93. The third-order valence-corrected chi connectivity index (χ3v) is 2.68. The van der Waals surface area contributed by atoms with Crippen LogP contribution in [0.4, 0.5) is 15.3 Å². The summed E-state index contributed by atoms with van der Waals surface area (Å²) in [5.74, 6) is 0. The first-order valence-corrected chi connectivity index (χ1v) is 6.24. The molecule has 0 bridgehead atoms. The first-order valence-electron chi connectivity index (χ1n) is 5.86. The van der Waals surface area contributed by atoms with E-state index in [9.17, 15) is 9.59 Å². The van der Waals surface area contributed by atoms with Gasteiger partial charge in [-0.15, -0.1) is 0 Å². The van der Waals surface area contributed by atoms with E-state index in [1.807, 2.05) is 19.1 Å². The molecule has 0 aromatic heterocycles. The third kappa shape index (κ3) is 6.84. The summed E-state index contributed by atoms with van der Waals surface area (Å²) >= 11 is 5.91. The summed E-state index contributed by atoms with van der Waals surface area (Å²) in [6, 6.07) is 4.86. The molecule has 3 N–H and O–H groups in total. The van der Waals surface area contributed by atoms with Gasteiger partial charge in [-0.25, -0.2) is 9.59 Å². The smallest absolute Gasteiger partial charge is 0.321 e. The molecule has 0 spiro atoms. The number of aryl methyl sites for hydroxylation is 1. The predicted octanol–water partition coefficient (Wildman–Crippen LogP) is 2.37. The van der Waals surface area contributed by atoms with Gasteiger partial charge in [0.25, 0.3) is 0 Å². The van der Waals surface area contributed by atoms with Crippen LogP contribution in [0.2, 0.25) is 5.02 Å². The zero-order valence-corrected chi connectivity index (χ0v) is 13.2. The average molecular weight is 301 g/mol. The summed E-state index contributed by atoms with van der Waals surface area (Å²) in [6.45, 7) is 1.92. The van der Waals surface area contributed by atoms with E-state index in [2.05, 4.69) is 5.32 Å². The molecule has 0 aliphatic carbocycles. The minimum absolute atomic E-state index is 0.162. The summed E-state index contributed by atoms with van der Waals surface area (Å²) in [7, 11) is 6.57. The molecule has 6 nitrogen and oxygen atoms in total. The number of halogens is 1. The van der Waals surface area contributed by atoms with E-state index in [4.69, 9.17) is 17.3 Å². The van der Waals surface area contributed by atoms with Gasteiger partial charge >= 0.3 is 12.1 Å². The van der Waals surface area contributed by atoms with Crippen LogP contribution in [-0.4, -0.2) is 50.1 Å². The Labute approximate surface area is 124 Å². The maximum absolute atomic E-state index is 11.3. The topological polar surface area (TPSA) is 78.7 Å². The summed E-state index contributed by atoms with van der Waals surface area (Å²) < 4.78 is 0. The van der Waals surface area contributed by atoms with Crippen LogP contribution in [0, 0.1) is 6.92 Å². The molecule has 0 atom stereocenters. The van der Waals surface area contributed by atoms with Gasteiger partial charge in [-0.3, -0.25) is 0 Å². The fraction of sp³-hybridized carbons (Fsp3) is 0.385. The van der Waals surface area contributed by atoms with Gasteiger partial charge in [-0.05, 0) is 24.6 Å². The maximum atomic E-state index is 11.3. The minimum atomic E-state index is -0.407. The number of carbonyl (C=O) groups is 2. The maximum Gasteiger partial charge on any atom is 0.321 e. The Kier molecular flexibility index (Phi) is 7.46. The molecule has 1 aromatic carbocycles. The summed E-state index contributed by atoms with van der Waals surface area (Å²) in [5, 5.41) is 3.37. The third-order valence-electron chi connectivity index (χ3n) is 2.27. The Bertz CT molecular complexity index is 475. The normalized spacial score (nSPS) is 9.10. The van der Waals surface area contributed by atoms with E-state index >= 15 is 0 Å². The van der Waals surface area contributed by atoms with Crippen LogP contribution in [0.5, 0.6) is 0 Å². The summed E-state index contributed by atoms with van der Waals surface area (Å²) in [5.41, 5.74) is 6.42. The molecule has 0 aliphatic rings. The Morgan fingerprint density at radius 2 is 1.65 bits per heavy atom. The van der Waals surface area contributed by atoms with Crippen molar-refractivity contribution >= 4 is 29.4 Å². The second kappa shape index (κ2) is 8.27. The van der Waals surface area contributed by atoms with Gasteiger partial charge in [0, 0.05) is 38.9 Å². The number of primary amides is 1. The van der Waals surface area contributed by atoms with Gasteiger partial charge in [0.05, 0.1) is 0 Å². The Hall–Kier alpha value is -1.95. The monoisotopic (exact) mass is 300 g/mol. The number of benzene rings is 1. The van der Waals surface area contributed by atoms with Crippen molar-refractivity contribution < 1.29 is 9.59 Å². The number of anilines is 1. The summed E-state index contributed by atoms with van der Waals surface area (Å²) in [6.07, 6.45) is 0. The van der Waals surface area contributed by atoms with E-state index in [0.29, 0.717) is 10.7 Å². The molecule has 7 heteroatoms. The lowest BCUT2D eigenvalue weighted by Gasteiger charge is -2.12. The average Bonchev–Trinajstić information content (AvgIpc) is 2.34. The zero-order valence-electron chi connectivity index (χ0n) is 12.4. The highest BCUT2D eigenvalue weighted by molar-refractivity contribution is 6.31. The zero-order chi connectivity index (χ0) is 15.9. The van der Waals surface area contributed by atoms with Gasteiger partial charge in [-0.1, -0.05) is 17.7 Å². The highest BCUT2D eigenvalue weighted by Crippen LogP contribution is 2.19. The van der Waals surface area contributed by atoms with Crippen LogP contribution < -0.4 is 11.1 Å². The van der Waals surface area contributed by atoms with Crippen LogP contribution >= 0.6 is 11.6 Å². The Morgan fingerprint density at radius 1 is 1.15 bits per heavy atom. The van der Waals surface area contributed by atoms with E-state index in [0.717, 1.165) is 5.56 Å². The van der Waals surface area contributed by atoms with Gasteiger partial charge in [0.15, 0.2) is 0 Å². The van der Waals surface area contributed by atoms with Crippen molar-refractivity contribution in [2.45, 2.75) is 6.92 Å². The number of amides is 4. The quantitative estimate of drug-likeness (QED) is 0.835. The van der Waals surface area contributed by atoms with Gasteiger partial charge < -0.3 is 20.9 Å². The largest absolute Gasteiger partial charge is 0.352 e.